The van der Waals surface area contributed by atoms with E-state index < -0.39 is 9.85 Å². The lowest BCUT2D eigenvalue weighted by Gasteiger charge is -2.30. The summed E-state index contributed by atoms with van der Waals surface area (Å²) in [6.07, 6.45) is 4.09. The SMILES string of the molecule is Cn1c([N+](=O)[O-])cnc1Oc1ccc2c(c1)C1(CC2(C)C)CC(C)(C)c2ccc(Oc3ncc([N+](=O)[O-])n3C)cc21. The normalized spacial score (nSPS) is 17.3. The van der Waals surface area contributed by atoms with Gasteiger partial charge in [0.2, 0.25) is 0 Å². The lowest BCUT2D eigenvalue weighted by Crippen LogP contribution is -2.27. The van der Waals surface area contributed by atoms with Crippen molar-refractivity contribution in [3.8, 4) is 23.5 Å². The maximum Gasteiger partial charge on any atom is 0.396 e. The van der Waals surface area contributed by atoms with Crippen LogP contribution in [0, 0.1) is 20.2 Å². The molecule has 2 aromatic carbocycles. The van der Waals surface area contributed by atoms with E-state index in [0.717, 1.165) is 24.0 Å². The van der Waals surface area contributed by atoms with E-state index >= 15 is 0 Å². The smallest absolute Gasteiger partial charge is 0.396 e. The summed E-state index contributed by atoms with van der Waals surface area (Å²) < 4.78 is 14.8. The average molecular weight is 559 g/mol. The van der Waals surface area contributed by atoms with Gasteiger partial charge in [0.25, 0.3) is 0 Å². The first kappa shape index (κ1) is 26.5. The number of rotatable bonds is 6. The predicted molar refractivity (Wildman–Crippen MR) is 149 cm³/mol. The number of fused-ring (bicyclic) bond motifs is 4. The molecule has 0 radical (unpaired) electrons. The van der Waals surface area contributed by atoms with Crippen LogP contribution >= 0.6 is 0 Å². The number of hydrogen-bond acceptors (Lipinski definition) is 8. The van der Waals surface area contributed by atoms with E-state index in [4.69, 9.17) is 9.47 Å². The largest absolute Gasteiger partial charge is 0.408 e. The molecule has 2 heterocycles. The molecule has 41 heavy (non-hydrogen) atoms. The molecule has 212 valence electrons. The molecule has 6 rings (SSSR count). The van der Waals surface area contributed by atoms with Gasteiger partial charge < -0.3 is 29.7 Å². The van der Waals surface area contributed by atoms with Gasteiger partial charge in [-0.3, -0.25) is 0 Å². The fourth-order valence-electron chi connectivity index (χ4n) is 6.94. The molecule has 2 aliphatic carbocycles. The standard InChI is InChI=1S/C29H30N6O6/c1-27(2)15-29(21-11-17(7-9-19(21)27)40-25-30-13-23(32(25)5)34(36)37)16-28(3,4)20-10-8-18(12-22(20)29)41-26-31-14-24(33(26)6)35(38)39/h7-14H,15-16H2,1-6H3. The molecule has 0 aliphatic heterocycles. The van der Waals surface area contributed by atoms with Crippen LogP contribution in [0.15, 0.2) is 48.8 Å². The summed E-state index contributed by atoms with van der Waals surface area (Å²) in [7, 11) is 3.10. The van der Waals surface area contributed by atoms with Crippen LogP contribution in [0.2, 0.25) is 0 Å². The predicted octanol–water partition coefficient (Wildman–Crippen LogP) is 6.20. The van der Waals surface area contributed by atoms with Gasteiger partial charge in [-0.05, 0) is 80.0 Å². The molecule has 0 fully saturated rings. The average Bonchev–Trinajstić information content (AvgIpc) is 3.56. The fourth-order valence-corrected chi connectivity index (χ4v) is 6.94. The summed E-state index contributed by atoms with van der Waals surface area (Å²) in [5, 5.41) is 22.6. The molecule has 0 unspecified atom stereocenters. The minimum Gasteiger partial charge on any atom is -0.408 e. The van der Waals surface area contributed by atoms with Gasteiger partial charge in [0.1, 0.15) is 23.9 Å². The molecule has 2 aromatic heterocycles. The topological polar surface area (TPSA) is 140 Å². The molecule has 0 amide bonds. The van der Waals surface area contributed by atoms with E-state index in [0.29, 0.717) is 11.5 Å². The summed E-state index contributed by atoms with van der Waals surface area (Å²) in [6.45, 7) is 8.95. The summed E-state index contributed by atoms with van der Waals surface area (Å²) >= 11 is 0. The minimum absolute atomic E-state index is 0.134. The second-order valence-corrected chi connectivity index (χ2v) is 12.3. The molecule has 2 aliphatic rings. The zero-order chi connectivity index (χ0) is 29.5. The van der Waals surface area contributed by atoms with Crippen molar-refractivity contribution in [3.05, 3.63) is 91.3 Å². The number of ether oxygens (including phenoxy) is 2. The van der Waals surface area contributed by atoms with Gasteiger partial charge in [0.05, 0.1) is 14.1 Å². The van der Waals surface area contributed by atoms with Gasteiger partial charge in [-0.25, -0.2) is 0 Å². The van der Waals surface area contributed by atoms with Gasteiger partial charge >= 0.3 is 23.7 Å². The summed E-state index contributed by atoms with van der Waals surface area (Å²) in [5.41, 5.74) is 4.09. The molecule has 0 atom stereocenters. The van der Waals surface area contributed by atoms with Crippen molar-refractivity contribution in [2.75, 3.05) is 0 Å². The van der Waals surface area contributed by atoms with Crippen LogP contribution in [0.5, 0.6) is 23.5 Å². The van der Waals surface area contributed by atoms with Crippen LogP contribution < -0.4 is 9.47 Å². The Morgan fingerprint density at radius 3 is 1.44 bits per heavy atom. The van der Waals surface area contributed by atoms with Crippen LogP contribution in [0.1, 0.15) is 62.8 Å². The number of nitrogens with zero attached hydrogens (tertiary/aromatic N) is 6. The van der Waals surface area contributed by atoms with Gasteiger partial charge in [-0.1, -0.05) is 39.8 Å². The first-order valence-electron chi connectivity index (χ1n) is 13.2. The van der Waals surface area contributed by atoms with Gasteiger partial charge in [0.15, 0.2) is 0 Å². The monoisotopic (exact) mass is 558 g/mol. The highest BCUT2D eigenvalue weighted by Crippen LogP contribution is 2.63. The molecular weight excluding hydrogens is 528 g/mol. The van der Waals surface area contributed by atoms with E-state index in [-0.39, 0.29) is 39.9 Å². The Labute approximate surface area is 235 Å². The van der Waals surface area contributed by atoms with Crippen molar-refractivity contribution in [2.45, 2.75) is 56.8 Å². The zero-order valence-electron chi connectivity index (χ0n) is 23.7. The Kier molecular flexibility index (Phi) is 5.57. The van der Waals surface area contributed by atoms with E-state index in [1.54, 1.807) is 14.1 Å². The summed E-state index contributed by atoms with van der Waals surface area (Å²) in [6, 6.07) is 12.3. The molecule has 0 N–H and O–H groups in total. The maximum atomic E-state index is 11.3. The minimum atomic E-state index is -0.500. The Bertz CT molecular complexity index is 1620. The molecule has 12 heteroatoms. The van der Waals surface area contributed by atoms with Crippen LogP contribution in [0.4, 0.5) is 11.6 Å². The number of imidazole rings is 2. The quantitative estimate of drug-likeness (QED) is 0.201. The molecular formula is C29H30N6O6. The maximum absolute atomic E-state index is 11.3. The lowest BCUT2D eigenvalue weighted by molar-refractivity contribution is -0.392. The summed E-state index contributed by atoms with van der Waals surface area (Å²) in [5.74, 6) is 0.776. The van der Waals surface area contributed by atoms with Crippen molar-refractivity contribution in [3.63, 3.8) is 0 Å². The van der Waals surface area contributed by atoms with Crippen LogP contribution in [-0.4, -0.2) is 28.9 Å². The molecule has 12 nitrogen and oxygen atoms in total. The van der Waals surface area contributed by atoms with Crippen molar-refractivity contribution in [2.24, 2.45) is 14.1 Å². The molecule has 4 aromatic rings. The molecule has 1 spiro atoms. The third-order valence-corrected chi connectivity index (χ3v) is 8.59. The number of aromatic nitrogens is 4. The molecule has 0 saturated heterocycles. The first-order valence-corrected chi connectivity index (χ1v) is 13.2. The third kappa shape index (κ3) is 3.96. The van der Waals surface area contributed by atoms with Crippen molar-refractivity contribution < 1.29 is 19.3 Å². The van der Waals surface area contributed by atoms with Crippen LogP contribution in [0.25, 0.3) is 0 Å². The summed E-state index contributed by atoms with van der Waals surface area (Å²) in [4.78, 5) is 29.8. The Balaban J connectivity index is 1.44. The van der Waals surface area contributed by atoms with E-state index in [1.807, 2.05) is 24.3 Å². The second-order valence-electron chi connectivity index (χ2n) is 12.3. The van der Waals surface area contributed by atoms with Crippen LogP contribution in [0.3, 0.4) is 0 Å². The zero-order valence-corrected chi connectivity index (χ0v) is 23.7. The highest BCUT2D eigenvalue weighted by atomic mass is 16.6. The van der Waals surface area contributed by atoms with E-state index in [1.165, 1.54) is 32.7 Å². The Hall–Kier alpha value is -4.74. The first-order chi connectivity index (χ1) is 19.2. The van der Waals surface area contributed by atoms with Crippen molar-refractivity contribution in [1.29, 1.82) is 0 Å². The number of hydrogen-bond donors (Lipinski definition) is 0. The van der Waals surface area contributed by atoms with E-state index in [2.05, 4.69) is 49.8 Å². The molecule has 0 bridgehead atoms. The van der Waals surface area contributed by atoms with E-state index in [9.17, 15) is 20.2 Å². The Morgan fingerprint density at radius 2 is 1.10 bits per heavy atom. The van der Waals surface area contributed by atoms with Crippen molar-refractivity contribution in [1.82, 2.24) is 19.1 Å². The number of benzene rings is 2. The molecule has 0 saturated carbocycles. The van der Waals surface area contributed by atoms with Crippen LogP contribution in [-0.2, 0) is 30.3 Å². The van der Waals surface area contributed by atoms with Gasteiger partial charge in [-0.15, -0.1) is 0 Å². The third-order valence-electron chi connectivity index (χ3n) is 8.59. The lowest BCUT2D eigenvalue weighted by atomic mass is 9.72. The highest BCUT2D eigenvalue weighted by molar-refractivity contribution is 5.62. The van der Waals surface area contributed by atoms with Gasteiger partial charge in [0, 0.05) is 5.41 Å². The highest BCUT2D eigenvalue weighted by Gasteiger charge is 2.56. The van der Waals surface area contributed by atoms with Gasteiger partial charge in [-0.2, -0.15) is 19.1 Å². The second kappa shape index (κ2) is 8.63. The fraction of sp³-hybridized carbons (Fsp3) is 0.379. The Morgan fingerprint density at radius 1 is 0.707 bits per heavy atom. The number of nitro groups is 2. The van der Waals surface area contributed by atoms with Crippen molar-refractivity contribution >= 4 is 11.6 Å².